The predicted molar refractivity (Wildman–Crippen MR) is 68.5 cm³/mol. The monoisotopic (exact) mass is 252 g/mol. The van der Waals surface area contributed by atoms with Gasteiger partial charge in [-0.3, -0.25) is 9.69 Å². The summed E-state index contributed by atoms with van der Waals surface area (Å²) in [7, 11) is 0. The zero-order valence-electron chi connectivity index (χ0n) is 10.9. The van der Waals surface area contributed by atoms with Crippen LogP contribution in [0.2, 0.25) is 0 Å². The molecule has 1 N–H and O–H groups in total. The van der Waals surface area contributed by atoms with E-state index in [2.05, 4.69) is 15.3 Å². The van der Waals surface area contributed by atoms with Crippen molar-refractivity contribution in [2.24, 2.45) is 0 Å². The molecule has 1 aliphatic heterocycles. The summed E-state index contributed by atoms with van der Waals surface area (Å²) in [6.07, 6.45) is 1.70. The highest BCUT2D eigenvalue weighted by atomic mass is 16.5. The molecule has 0 aliphatic carbocycles. The average Bonchev–Trinajstić information content (AvgIpc) is 2.78. The number of carbonyl (C=O) groups is 1. The summed E-state index contributed by atoms with van der Waals surface area (Å²) in [4.78, 5) is 14.0. The van der Waals surface area contributed by atoms with E-state index in [-0.39, 0.29) is 11.9 Å². The third-order valence-electron chi connectivity index (χ3n) is 2.90. The topological polar surface area (TPSA) is 59.4 Å². The number of nitrogens with zero attached hydrogens (tertiary/aromatic N) is 3. The van der Waals surface area contributed by atoms with Gasteiger partial charge in [-0.15, -0.1) is 0 Å². The van der Waals surface area contributed by atoms with Crippen LogP contribution >= 0.6 is 0 Å². The van der Waals surface area contributed by atoms with Crippen molar-refractivity contribution in [3.8, 4) is 0 Å². The molecule has 2 heterocycles. The molecule has 0 radical (unpaired) electrons. The number of aromatic nitrogens is 2. The molecule has 1 aromatic rings. The van der Waals surface area contributed by atoms with Crippen molar-refractivity contribution in [1.29, 1.82) is 0 Å². The van der Waals surface area contributed by atoms with Gasteiger partial charge in [0.1, 0.15) is 5.82 Å². The molecule has 1 amide bonds. The van der Waals surface area contributed by atoms with Gasteiger partial charge in [0.15, 0.2) is 0 Å². The van der Waals surface area contributed by atoms with Gasteiger partial charge in [-0.1, -0.05) is 0 Å². The van der Waals surface area contributed by atoms with E-state index in [0.717, 1.165) is 18.9 Å². The Morgan fingerprint density at radius 3 is 2.89 bits per heavy atom. The molecule has 0 spiro atoms. The number of ether oxygens (including phenoxy) is 1. The van der Waals surface area contributed by atoms with E-state index >= 15 is 0 Å². The maximum Gasteiger partial charge on any atom is 0.239 e. The molecule has 1 saturated heterocycles. The molecule has 0 aromatic carbocycles. The second-order valence-electron chi connectivity index (χ2n) is 4.69. The maximum absolute atomic E-state index is 11.9. The molecule has 1 aromatic heterocycles. The highest BCUT2D eigenvalue weighted by molar-refractivity contribution is 5.91. The summed E-state index contributed by atoms with van der Waals surface area (Å²) in [5.74, 6) is 0.752. The fourth-order valence-electron chi connectivity index (χ4n) is 1.97. The number of rotatable bonds is 4. The quantitative estimate of drug-likeness (QED) is 0.858. The molecule has 6 nitrogen and oxygen atoms in total. The van der Waals surface area contributed by atoms with Crippen molar-refractivity contribution in [3.05, 3.63) is 12.3 Å². The zero-order valence-corrected chi connectivity index (χ0v) is 10.9. The molecule has 0 bridgehead atoms. The van der Waals surface area contributed by atoms with E-state index in [1.807, 2.05) is 19.9 Å². The van der Waals surface area contributed by atoms with E-state index in [0.29, 0.717) is 19.8 Å². The molecular weight excluding hydrogens is 232 g/mol. The third kappa shape index (κ3) is 3.30. The molecule has 2 rings (SSSR count). The molecule has 18 heavy (non-hydrogen) atoms. The van der Waals surface area contributed by atoms with Crippen LogP contribution in [0.15, 0.2) is 12.3 Å². The van der Waals surface area contributed by atoms with Crippen LogP contribution in [0.1, 0.15) is 19.9 Å². The van der Waals surface area contributed by atoms with Crippen LogP contribution < -0.4 is 5.32 Å². The third-order valence-corrected chi connectivity index (χ3v) is 2.90. The fraction of sp³-hybridized carbons (Fsp3) is 0.667. The van der Waals surface area contributed by atoms with Crippen LogP contribution in [0.3, 0.4) is 0 Å². The molecular formula is C12H20N4O2. The second kappa shape index (κ2) is 5.97. The lowest BCUT2D eigenvalue weighted by Crippen LogP contribution is -2.41. The van der Waals surface area contributed by atoms with Gasteiger partial charge in [-0.25, -0.2) is 4.68 Å². The van der Waals surface area contributed by atoms with Crippen molar-refractivity contribution in [1.82, 2.24) is 14.7 Å². The Morgan fingerprint density at radius 2 is 2.22 bits per heavy atom. The largest absolute Gasteiger partial charge is 0.379 e. The minimum Gasteiger partial charge on any atom is -0.379 e. The number of morpholine rings is 1. The Morgan fingerprint density at radius 1 is 1.50 bits per heavy atom. The highest BCUT2D eigenvalue weighted by Gasteiger charge is 2.15. The number of amides is 1. The standard InChI is InChI=1S/C12H20N4O2/c1-10(2)16-11(3-4-13-16)14-12(17)9-15-5-7-18-8-6-15/h3-4,10H,5-9H2,1-2H3,(H,14,17). The first kappa shape index (κ1) is 13.0. The number of hydrogen-bond acceptors (Lipinski definition) is 4. The van der Waals surface area contributed by atoms with Crippen molar-refractivity contribution in [2.45, 2.75) is 19.9 Å². The predicted octanol–water partition coefficient (Wildman–Crippen LogP) is 0.735. The van der Waals surface area contributed by atoms with Crippen LogP contribution in [-0.2, 0) is 9.53 Å². The van der Waals surface area contributed by atoms with E-state index in [4.69, 9.17) is 4.74 Å². The Hall–Kier alpha value is -1.40. The smallest absolute Gasteiger partial charge is 0.239 e. The molecule has 6 heteroatoms. The average molecular weight is 252 g/mol. The molecule has 1 aliphatic rings. The van der Waals surface area contributed by atoms with Gasteiger partial charge in [-0.2, -0.15) is 5.10 Å². The van der Waals surface area contributed by atoms with Gasteiger partial charge < -0.3 is 10.1 Å². The van der Waals surface area contributed by atoms with Gasteiger partial charge in [0.25, 0.3) is 0 Å². The normalized spacial score (nSPS) is 17.1. The van der Waals surface area contributed by atoms with E-state index in [1.54, 1.807) is 10.9 Å². The Bertz CT molecular complexity index is 397. The Labute approximate surface area is 107 Å². The van der Waals surface area contributed by atoms with Crippen LogP contribution in [-0.4, -0.2) is 53.4 Å². The van der Waals surface area contributed by atoms with E-state index in [1.165, 1.54) is 0 Å². The molecule has 100 valence electrons. The second-order valence-corrected chi connectivity index (χ2v) is 4.69. The van der Waals surface area contributed by atoms with Crippen LogP contribution in [0.25, 0.3) is 0 Å². The number of hydrogen-bond donors (Lipinski definition) is 1. The minimum atomic E-state index is -0.000648. The van der Waals surface area contributed by atoms with Crippen LogP contribution in [0.4, 0.5) is 5.82 Å². The van der Waals surface area contributed by atoms with Crippen molar-refractivity contribution < 1.29 is 9.53 Å². The van der Waals surface area contributed by atoms with Crippen molar-refractivity contribution >= 4 is 11.7 Å². The number of carbonyl (C=O) groups excluding carboxylic acids is 1. The number of nitrogens with one attached hydrogen (secondary N) is 1. The SMILES string of the molecule is CC(C)n1nccc1NC(=O)CN1CCOCC1. The highest BCUT2D eigenvalue weighted by Crippen LogP contribution is 2.12. The first-order chi connectivity index (χ1) is 8.66. The summed E-state index contributed by atoms with van der Waals surface area (Å²) >= 11 is 0. The van der Waals surface area contributed by atoms with Crippen LogP contribution in [0, 0.1) is 0 Å². The van der Waals surface area contributed by atoms with Gasteiger partial charge in [0.05, 0.1) is 26.0 Å². The molecule has 1 fully saturated rings. The molecule has 0 unspecified atom stereocenters. The minimum absolute atomic E-state index is 0.000648. The van der Waals surface area contributed by atoms with Gasteiger partial charge >= 0.3 is 0 Å². The summed E-state index contributed by atoms with van der Waals surface area (Å²) in [5.41, 5.74) is 0. The summed E-state index contributed by atoms with van der Waals surface area (Å²) < 4.78 is 7.05. The van der Waals surface area contributed by atoms with Crippen molar-refractivity contribution in [3.63, 3.8) is 0 Å². The summed E-state index contributed by atoms with van der Waals surface area (Å²) in [6.45, 7) is 7.52. The Balaban J connectivity index is 1.88. The summed E-state index contributed by atoms with van der Waals surface area (Å²) in [6, 6.07) is 2.05. The maximum atomic E-state index is 11.9. The van der Waals surface area contributed by atoms with E-state index < -0.39 is 0 Å². The molecule has 0 saturated carbocycles. The first-order valence-electron chi connectivity index (χ1n) is 6.30. The Kier molecular flexibility index (Phi) is 4.33. The van der Waals surface area contributed by atoms with Gasteiger partial charge in [0.2, 0.25) is 5.91 Å². The lowest BCUT2D eigenvalue weighted by Gasteiger charge is -2.25. The lowest BCUT2D eigenvalue weighted by molar-refractivity contribution is -0.118. The van der Waals surface area contributed by atoms with Crippen molar-refractivity contribution in [2.75, 3.05) is 38.2 Å². The lowest BCUT2D eigenvalue weighted by atomic mass is 10.4. The summed E-state index contributed by atoms with van der Waals surface area (Å²) in [5, 5.41) is 7.08. The zero-order chi connectivity index (χ0) is 13.0. The van der Waals surface area contributed by atoms with Crippen LogP contribution in [0.5, 0.6) is 0 Å². The fourth-order valence-corrected chi connectivity index (χ4v) is 1.97. The first-order valence-corrected chi connectivity index (χ1v) is 6.30. The molecule has 0 atom stereocenters. The van der Waals surface area contributed by atoms with E-state index in [9.17, 15) is 4.79 Å². The van der Waals surface area contributed by atoms with Gasteiger partial charge in [-0.05, 0) is 13.8 Å². The number of anilines is 1. The van der Waals surface area contributed by atoms with Gasteiger partial charge in [0, 0.05) is 25.2 Å².